The zero-order chi connectivity index (χ0) is 14.3. The van der Waals surface area contributed by atoms with E-state index in [0.717, 1.165) is 17.7 Å². The van der Waals surface area contributed by atoms with Crippen LogP contribution in [0.15, 0.2) is 36.4 Å². The summed E-state index contributed by atoms with van der Waals surface area (Å²) in [5.74, 6) is 0.925. The Bertz CT molecular complexity index is 648. The number of para-hydroxylation sites is 1. The van der Waals surface area contributed by atoms with E-state index < -0.39 is 0 Å². The lowest BCUT2D eigenvalue weighted by Gasteiger charge is -2.31. The second-order valence-corrected chi connectivity index (χ2v) is 5.78. The summed E-state index contributed by atoms with van der Waals surface area (Å²) < 4.78 is 6.18. The molecule has 1 heterocycles. The summed E-state index contributed by atoms with van der Waals surface area (Å²) in [5, 5.41) is 0. The van der Waals surface area contributed by atoms with Crippen molar-refractivity contribution in [3.8, 4) is 5.75 Å². The van der Waals surface area contributed by atoms with Gasteiger partial charge in [0, 0.05) is 18.0 Å². The molecular formula is C18H21NO. The van der Waals surface area contributed by atoms with Crippen LogP contribution in [0.1, 0.15) is 46.4 Å². The van der Waals surface area contributed by atoms with Crippen LogP contribution < -0.4 is 10.5 Å². The molecule has 0 aliphatic carbocycles. The highest BCUT2D eigenvalue weighted by atomic mass is 16.5. The van der Waals surface area contributed by atoms with Gasteiger partial charge in [-0.3, -0.25) is 0 Å². The molecule has 0 saturated carbocycles. The van der Waals surface area contributed by atoms with E-state index in [2.05, 4.69) is 39.0 Å². The van der Waals surface area contributed by atoms with Gasteiger partial charge in [0.05, 0.1) is 0 Å². The smallest absolute Gasteiger partial charge is 0.126 e. The number of nitrogens with two attached hydrogens (primary N) is 1. The monoisotopic (exact) mass is 267 g/mol. The second-order valence-electron chi connectivity index (χ2n) is 5.78. The van der Waals surface area contributed by atoms with Crippen molar-refractivity contribution < 1.29 is 4.74 Å². The van der Waals surface area contributed by atoms with Gasteiger partial charge in [-0.2, -0.15) is 0 Å². The first kappa shape index (κ1) is 13.2. The van der Waals surface area contributed by atoms with E-state index >= 15 is 0 Å². The van der Waals surface area contributed by atoms with E-state index in [0.29, 0.717) is 0 Å². The van der Waals surface area contributed by atoms with Gasteiger partial charge in [-0.1, -0.05) is 30.3 Å². The molecule has 2 aromatic carbocycles. The SMILES string of the molecule is Cc1cc(C)c(C2CC(N)c3ccccc3O2)cc1C. The van der Waals surface area contributed by atoms with Crippen LogP contribution in [-0.2, 0) is 0 Å². The fourth-order valence-corrected chi connectivity index (χ4v) is 2.97. The van der Waals surface area contributed by atoms with Crippen LogP contribution in [-0.4, -0.2) is 0 Å². The van der Waals surface area contributed by atoms with E-state index in [1.807, 2.05) is 18.2 Å². The summed E-state index contributed by atoms with van der Waals surface area (Å²) in [6, 6.07) is 12.6. The predicted molar refractivity (Wildman–Crippen MR) is 82.0 cm³/mol. The van der Waals surface area contributed by atoms with Crippen LogP contribution in [0.4, 0.5) is 0 Å². The second kappa shape index (κ2) is 4.95. The van der Waals surface area contributed by atoms with Gasteiger partial charge in [0.15, 0.2) is 0 Å². The molecule has 0 amide bonds. The summed E-state index contributed by atoms with van der Waals surface area (Å²) in [6.07, 6.45) is 0.888. The molecule has 2 heteroatoms. The van der Waals surface area contributed by atoms with Gasteiger partial charge in [0.1, 0.15) is 11.9 Å². The van der Waals surface area contributed by atoms with Crippen LogP contribution in [0.2, 0.25) is 0 Å². The number of ether oxygens (including phenoxy) is 1. The van der Waals surface area contributed by atoms with Gasteiger partial charge in [-0.05, 0) is 49.1 Å². The third kappa shape index (κ3) is 2.20. The molecule has 2 unspecified atom stereocenters. The molecule has 20 heavy (non-hydrogen) atoms. The van der Waals surface area contributed by atoms with Gasteiger partial charge in [-0.15, -0.1) is 0 Å². The van der Waals surface area contributed by atoms with Gasteiger partial charge < -0.3 is 10.5 Å². The van der Waals surface area contributed by atoms with Gasteiger partial charge in [0.25, 0.3) is 0 Å². The first-order chi connectivity index (χ1) is 9.56. The first-order valence-electron chi connectivity index (χ1n) is 7.15. The molecule has 104 valence electrons. The van der Waals surface area contributed by atoms with Crippen molar-refractivity contribution in [2.75, 3.05) is 0 Å². The zero-order valence-corrected chi connectivity index (χ0v) is 12.3. The van der Waals surface area contributed by atoms with Crippen molar-refractivity contribution in [1.29, 1.82) is 0 Å². The molecule has 0 radical (unpaired) electrons. The Hall–Kier alpha value is -1.80. The number of aryl methyl sites for hydroxylation is 3. The summed E-state index contributed by atoms with van der Waals surface area (Å²) >= 11 is 0. The topological polar surface area (TPSA) is 35.2 Å². The van der Waals surface area contributed by atoms with E-state index in [4.69, 9.17) is 10.5 Å². The van der Waals surface area contributed by atoms with Crippen LogP contribution in [0.3, 0.4) is 0 Å². The van der Waals surface area contributed by atoms with E-state index in [1.54, 1.807) is 0 Å². The van der Waals surface area contributed by atoms with Crippen LogP contribution in [0.5, 0.6) is 5.75 Å². The van der Waals surface area contributed by atoms with Crippen molar-refractivity contribution >= 4 is 0 Å². The van der Waals surface area contributed by atoms with Gasteiger partial charge >= 0.3 is 0 Å². The number of fused-ring (bicyclic) bond motifs is 1. The van der Waals surface area contributed by atoms with Crippen molar-refractivity contribution in [3.05, 3.63) is 64.2 Å². The molecule has 3 rings (SSSR count). The highest BCUT2D eigenvalue weighted by Gasteiger charge is 2.27. The van der Waals surface area contributed by atoms with E-state index in [1.165, 1.54) is 22.3 Å². The lowest BCUT2D eigenvalue weighted by molar-refractivity contribution is 0.161. The predicted octanol–water partition coefficient (Wildman–Crippen LogP) is 4.14. The third-order valence-electron chi connectivity index (χ3n) is 4.28. The first-order valence-corrected chi connectivity index (χ1v) is 7.15. The van der Waals surface area contributed by atoms with E-state index in [9.17, 15) is 0 Å². The van der Waals surface area contributed by atoms with Gasteiger partial charge in [-0.25, -0.2) is 0 Å². The molecule has 2 atom stereocenters. The summed E-state index contributed by atoms with van der Waals surface area (Å²) in [7, 11) is 0. The van der Waals surface area contributed by atoms with Crippen molar-refractivity contribution in [3.63, 3.8) is 0 Å². The molecular weight excluding hydrogens is 246 g/mol. The lowest BCUT2D eigenvalue weighted by atomic mass is 9.90. The fraction of sp³-hybridized carbons (Fsp3) is 0.333. The molecule has 1 aliphatic rings. The Kier molecular flexibility index (Phi) is 3.27. The molecule has 0 bridgehead atoms. The van der Waals surface area contributed by atoms with Crippen molar-refractivity contribution in [2.24, 2.45) is 5.73 Å². The summed E-state index contributed by atoms with van der Waals surface area (Å²) in [4.78, 5) is 0. The minimum atomic E-state index is 0.0472. The highest BCUT2D eigenvalue weighted by Crippen LogP contribution is 2.40. The van der Waals surface area contributed by atoms with Crippen LogP contribution in [0.25, 0.3) is 0 Å². The number of rotatable bonds is 1. The van der Waals surface area contributed by atoms with Crippen molar-refractivity contribution in [1.82, 2.24) is 0 Å². The largest absolute Gasteiger partial charge is 0.485 e. The normalized spacial score (nSPS) is 21.2. The minimum Gasteiger partial charge on any atom is -0.485 e. The van der Waals surface area contributed by atoms with Crippen LogP contribution >= 0.6 is 0 Å². The maximum atomic E-state index is 6.31. The number of benzene rings is 2. The maximum Gasteiger partial charge on any atom is 0.126 e. The third-order valence-corrected chi connectivity index (χ3v) is 4.28. The standard InChI is InChI=1S/C18H21NO/c1-11-8-13(3)15(9-12(11)2)18-10-16(19)14-6-4-5-7-17(14)20-18/h4-9,16,18H,10,19H2,1-3H3. The molecule has 0 fully saturated rings. The number of hydrogen-bond acceptors (Lipinski definition) is 2. The average Bonchev–Trinajstić information content (AvgIpc) is 2.43. The van der Waals surface area contributed by atoms with Gasteiger partial charge in [0.2, 0.25) is 0 Å². The van der Waals surface area contributed by atoms with Crippen LogP contribution in [0, 0.1) is 20.8 Å². The molecule has 2 aromatic rings. The Morgan fingerprint density at radius 3 is 2.45 bits per heavy atom. The molecule has 0 spiro atoms. The fourth-order valence-electron chi connectivity index (χ4n) is 2.97. The average molecular weight is 267 g/mol. The Morgan fingerprint density at radius 2 is 1.65 bits per heavy atom. The Morgan fingerprint density at radius 1 is 0.950 bits per heavy atom. The number of hydrogen-bond donors (Lipinski definition) is 1. The molecule has 2 N–H and O–H groups in total. The molecule has 0 saturated heterocycles. The summed E-state index contributed by atoms with van der Waals surface area (Å²) in [5.41, 5.74) is 12.6. The molecule has 0 aromatic heterocycles. The minimum absolute atomic E-state index is 0.0472. The zero-order valence-electron chi connectivity index (χ0n) is 12.3. The van der Waals surface area contributed by atoms with Crippen molar-refractivity contribution in [2.45, 2.75) is 39.3 Å². The summed E-state index contributed by atoms with van der Waals surface area (Å²) in [6.45, 7) is 6.45. The van der Waals surface area contributed by atoms with E-state index in [-0.39, 0.29) is 12.1 Å². The molecule has 1 aliphatic heterocycles. The Labute approximate surface area is 120 Å². The quantitative estimate of drug-likeness (QED) is 0.843. The highest BCUT2D eigenvalue weighted by molar-refractivity contribution is 5.42. The maximum absolute atomic E-state index is 6.31. The molecule has 2 nitrogen and oxygen atoms in total. The Balaban J connectivity index is 2.00. The lowest BCUT2D eigenvalue weighted by Crippen LogP contribution is -2.24.